The monoisotopic (exact) mass is 340 g/mol. The van der Waals surface area contributed by atoms with Gasteiger partial charge in [0.15, 0.2) is 0 Å². The van der Waals surface area contributed by atoms with Gasteiger partial charge in [-0.05, 0) is 24.6 Å². The maximum absolute atomic E-state index is 8.78. The van der Waals surface area contributed by atoms with Crippen molar-refractivity contribution in [1.82, 2.24) is 15.0 Å². The van der Waals surface area contributed by atoms with E-state index >= 15 is 0 Å². The van der Waals surface area contributed by atoms with E-state index in [9.17, 15) is 0 Å². The molecule has 0 aliphatic carbocycles. The molecule has 1 heterocycles. The van der Waals surface area contributed by atoms with Crippen LogP contribution in [0.2, 0.25) is 0 Å². The zero-order valence-corrected chi connectivity index (χ0v) is 12.8. The van der Waals surface area contributed by atoms with Crippen LogP contribution in [0.25, 0.3) is 0 Å². The summed E-state index contributed by atoms with van der Waals surface area (Å²) in [5.41, 5.74) is 1.73. The largest absolute Gasteiger partial charge is 0.495 e. The fraction of sp³-hybridized carbons (Fsp3) is 0.385. The topological polar surface area (TPSA) is 72.2 Å². The number of aliphatic hydroxyl groups is 1. The van der Waals surface area contributed by atoms with Gasteiger partial charge >= 0.3 is 0 Å². The van der Waals surface area contributed by atoms with Crippen LogP contribution in [0.1, 0.15) is 12.1 Å². The number of ether oxygens (including phenoxy) is 1. The Balaban J connectivity index is 1.98. The van der Waals surface area contributed by atoms with Gasteiger partial charge in [0.05, 0.1) is 25.5 Å². The van der Waals surface area contributed by atoms with Crippen molar-refractivity contribution < 1.29 is 9.84 Å². The lowest BCUT2D eigenvalue weighted by molar-refractivity contribution is 0.276. The van der Waals surface area contributed by atoms with Crippen LogP contribution >= 0.6 is 15.9 Å². The highest BCUT2D eigenvalue weighted by atomic mass is 79.9. The molecule has 20 heavy (non-hydrogen) atoms. The summed E-state index contributed by atoms with van der Waals surface area (Å²) in [6, 6.07) is 5.77. The Morgan fingerprint density at radius 1 is 1.45 bits per heavy atom. The van der Waals surface area contributed by atoms with Gasteiger partial charge in [-0.25, -0.2) is 0 Å². The van der Waals surface area contributed by atoms with Crippen molar-refractivity contribution in [3.63, 3.8) is 0 Å². The van der Waals surface area contributed by atoms with Gasteiger partial charge in [0.1, 0.15) is 11.4 Å². The number of aromatic nitrogens is 3. The van der Waals surface area contributed by atoms with E-state index in [1.165, 1.54) is 0 Å². The maximum Gasteiger partial charge on any atom is 0.142 e. The van der Waals surface area contributed by atoms with Crippen molar-refractivity contribution in [1.29, 1.82) is 0 Å². The summed E-state index contributed by atoms with van der Waals surface area (Å²) in [5, 5.41) is 20.1. The van der Waals surface area contributed by atoms with Crippen LogP contribution < -0.4 is 10.1 Å². The second-order valence-corrected chi connectivity index (χ2v) is 5.16. The molecule has 7 heteroatoms. The quantitative estimate of drug-likeness (QED) is 0.806. The van der Waals surface area contributed by atoms with Crippen molar-refractivity contribution in [2.75, 3.05) is 19.0 Å². The summed E-state index contributed by atoms with van der Waals surface area (Å²) in [4.78, 5) is 0. The predicted molar refractivity (Wildman–Crippen MR) is 79.7 cm³/mol. The number of methoxy groups -OCH3 is 1. The number of hydrogen-bond acceptors (Lipinski definition) is 5. The molecule has 0 aliphatic rings. The van der Waals surface area contributed by atoms with Crippen LogP contribution in [-0.4, -0.2) is 33.8 Å². The molecule has 1 aromatic carbocycles. The fourth-order valence-electron chi connectivity index (χ4n) is 1.77. The molecule has 0 fully saturated rings. The van der Waals surface area contributed by atoms with E-state index < -0.39 is 0 Å². The Kier molecular flexibility index (Phi) is 5.37. The van der Waals surface area contributed by atoms with E-state index in [1.54, 1.807) is 11.8 Å². The highest BCUT2D eigenvalue weighted by Gasteiger charge is 2.05. The molecule has 108 valence electrons. The standard InChI is InChI=1S/C13H17BrN4O2/c1-20-13-4-3-10(14)7-12(13)15-8-11-9-18(17-16-11)5-2-6-19/h3-4,7,9,15,19H,2,5-6,8H2,1H3. The summed E-state index contributed by atoms with van der Waals surface area (Å²) >= 11 is 3.43. The number of benzene rings is 1. The van der Waals surface area contributed by atoms with Gasteiger partial charge in [0.25, 0.3) is 0 Å². The van der Waals surface area contributed by atoms with Gasteiger partial charge < -0.3 is 15.2 Å². The number of nitrogens with zero attached hydrogens (tertiary/aromatic N) is 3. The third kappa shape index (κ3) is 3.94. The van der Waals surface area contributed by atoms with Crippen molar-refractivity contribution in [2.45, 2.75) is 19.5 Å². The minimum absolute atomic E-state index is 0.155. The predicted octanol–water partition coefficient (Wildman–Crippen LogP) is 2.04. The molecule has 0 unspecified atom stereocenters. The van der Waals surface area contributed by atoms with Gasteiger partial charge in [0.2, 0.25) is 0 Å². The van der Waals surface area contributed by atoms with Crippen LogP contribution in [0.4, 0.5) is 5.69 Å². The smallest absolute Gasteiger partial charge is 0.142 e. The molecule has 1 aromatic heterocycles. The minimum atomic E-state index is 0.155. The lowest BCUT2D eigenvalue weighted by atomic mass is 10.3. The van der Waals surface area contributed by atoms with Gasteiger partial charge in [-0.2, -0.15) is 0 Å². The Morgan fingerprint density at radius 3 is 3.05 bits per heavy atom. The van der Waals surface area contributed by atoms with Crippen LogP contribution in [0.3, 0.4) is 0 Å². The maximum atomic E-state index is 8.78. The van der Waals surface area contributed by atoms with Crippen LogP contribution in [-0.2, 0) is 13.1 Å². The molecule has 0 bridgehead atoms. The Hall–Kier alpha value is -1.60. The van der Waals surface area contributed by atoms with E-state index in [4.69, 9.17) is 9.84 Å². The number of aryl methyl sites for hydroxylation is 1. The summed E-state index contributed by atoms with van der Waals surface area (Å²) in [6.07, 6.45) is 2.54. The minimum Gasteiger partial charge on any atom is -0.495 e. The first-order valence-corrected chi connectivity index (χ1v) is 7.09. The fourth-order valence-corrected chi connectivity index (χ4v) is 2.13. The van der Waals surface area contributed by atoms with E-state index in [0.717, 1.165) is 21.6 Å². The third-order valence-corrected chi connectivity index (χ3v) is 3.25. The lowest BCUT2D eigenvalue weighted by Crippen LogP contribution is -2.02. The van der Waals surface area contributed by atoms with Gasteiger partial charge in [-0.1, -0.05) is 21.1 Å². The molecule has 2 rings (SSSR count). The summed E-state index contributed by atoms with van der Waals surface area (Å²) in [7, 11) is 1.64. The molecule has 2 aromatic rings. The Labute approximate surface area is 125 Å². The molecular formula is C13H17BrN4O2. The number of anilines is 1. The summed E-state index contributed by atoms with van der Waals surface area (Å²) in [6.45, 7) is 1.39. The molecule has 2 N–H and O–H groups in total. The van der Waals surface area contributed by atoms with Crippen LogP contribution in [0, 0.1) is 0 Å². The molecule has 0 amide bonds. The number of hydrogen-bond donors (Lipinski definition) is 2. The molecule has 0 aliphatic heterocycles. The highest BCUT2D eigenvalue weighted by Crippen LogP contribution is 2.28. The zero-order valence-electron chi connectivity index (χ0n) is 11.2. The summed E-state index contributed by atoms with van der Waals surface area (Å²) < 4.78 is 8.00. The molecule has 0 saturated heterocycles. The molecule has 0 atom stereocenters. The first kappa shape index (κ1) is 14.8. The molecule has 0 saturated carbocycles. The first-order valence-electron chi connectivity index (χ1n) is 6.30. The SMILES string of the molecule is COc1ccc(Br)cc1NCc1cn(CCCO)nn1. The van der Waals surface area contributed by atoms with E-state index in [1.807, 2.05) is 24.4 Å². The van der Waals surface area contributed by atoms with Gasteiger partial charge in [-0.15, -0.1) is 5.10 Å². The van der Waals surface area contributed by atoms with Gasteiger partial charge in [-0.3, -0.25) is 4.68 Å². The highest BCUT2D eigenvalue weighted by molar-refractivity contribution is 9.10. The average Bonchev–Trinajstić information content (AvgIpc) is 2.91. The molecular weight excluding hydrogens is 324 g/mol. The summed E-state index contributed by atoms with van der Waals surface area (Å²) in [5.74, 6) is 0.779. The molecule has 6 nitrogen and oxygen atoms in total. The molecule has 0 spiro atoms. The normalized spacial score (nSPS) is 10.6. The first-order chi connectivity index (χ1) is 9.72. The number of halogens is 1. The second kappa shape index (κ2) is 7.25. The van der Waals surface area contributed by atoms with Crippen molar-refractivity contribution >= 4 is 21.6 Å². The van der Waals surface area contributed by atoms with Crippen LogP contribution in [0.5, 0.6) is 5.75 Å². The van der Waals surface area contributed by atoms with E-state index in [2.05, 4.69) is 31.6 Å². The van der Waals surface area contributed by atoms with Crippen molar-refractivity contribution in [2.24, 2.45) is 0 Å². The van der Waals surface area contributed by atoms with E-state index in [0.29, 0.717) is 19.5 Å². The Morgan fingerprint density at radius 2 is 2.30 bits per heavy atom. The molecule has 0 radical (unpaired) electrons. The zero-order chi connectivity index (χ0) is 14.4. The Bertz CT molecular complexity index is 559. The average molecular weight is 341 g/mol. The second-order valence-electron chi connectivity index (χ2n) is 4.25. The third-order valence-electron chi connectivity index (χ3n) is 2.75. The number of nitrogens with one attached hydrogen (secondary N) is 1. The van der Waals surface area contributed by atoms with E-state index in [-0.39, 0.29) is 6.61 Å². The number of aliphatic hydroxyl groups excluding tert-OH is 1. The lowest BCUT2D eigenvalue weighted by Gasteiger charge is -2.10. The van der Waals surface area contributed by atoms with Crippen molar-refractivity contribution in [3.05, 3.63) is 34.6 Å². The van der Waals surface area contributed by atoms with Gasteiger partial charge in [0, 0.05) is 17.6 Å². The van der Waals surface area contributed by atoms with Crippen molar-refractivity contribution in [3.8, 4) is 5.75 Å². The number of rotatable bonds is 7. The van der Waals surface area contributed by atoms with Crippen LogP contribution in [0.15, 0.2) is 28.9 Å².